The summed E-state index contributed by atoms with van der Waals surface area (Å²) >= 11 is 3.48. The van der Waals surface area contributed by atoms with Gasteiger partial charge in [-0.2, -0.15) is 13.2 Å². The number of likely N-dealkylation sites (tertiary alicyclic amines) is 1. The van der Waals surface area contributed by atoms with Gasteiger partial charge in [-0.15, -0.1) is 0 Å². The molecular formula is C11H19BrF3NO. The van der Waals surface area contributed by atoms with Crippen molar-refractivity contribution < 1.29 is 17.9 Å². The smallest absolute Gasteiger partial charge is 0.372 e. The first-order valence-corrected chi connectivity index (χ1v) is 7.06. The van der Waals surface area contributed by atoms with Crippen LogP contribution in [-0.2, 0) is 4.74 Å². The van der Waals surface area contributed by atoms with E-state index in [-0.39, 0.29) is 6.61 Å². The molecule has 1 heterocycles. The lowest BCUT2D eigenvalue weighted by atomic mass is 10.0. The molecule has 1 aliphatic heterocycles. The van der Waals surface area contributed by atoms with Crippen LogP contribution in [0.25, 0.3) is 0 Å². The van der Waals surface area contributed by atoms with Crippen LogP contribution in [0.2, 0.25) is 0 Å². The van der Waals surface area contributed by atoms with Gasteiger partial charge >= 0.3 is 6.18 Å². The highest BCUT2D eigenvalue weighted by Gasteiger charge is 2.27. The number of ether oxygens (including phenoxy) is 1. The van der Waals surface area contributed by atoms with Crippen LogP contribution < -0.4 is 0 Å². The van der Waals surface area contributed by atoms with Crippen LogP contribution >= 0.6 is 15.9 Å². The first-order chi connectivity index (χ1) is 8.01. The Labute approximate surface area is 109 Å². The first kappa shape index (κ1) is 15.2. The summed E-state index contributed by atoms with van der Waals surface area (Å²) in [7, 11) is 0. The van der Waals surface area contributed by atoms with E-state index in [1.807, 2.05) is 0 Å². The molecule has 1 saturated heterocycles. The molecule has 0 bridgehead atoms. The van der Waals surface area contributed by atoms with Crippen LogP contribution in [0.15, 0.2) is 0 Å². The second-order valence-corrected chi connectivity index (χ2v) is 5.13. The zero-order valence-electron chi connectivity index (χ0n) is 9.81. The SMILES string of the molecule is FC(F)(F)COCCCN1CCCC(CBr)C1. The minimum absolute atomic E-state index is 0.189. The van der Waals surface area contributed by atoms with E-state index in [4.69, 9.17) is 0 Å². The van der Waals surface area contributed by atoms with E-state index in [2.05, 4.69) is 25.6 Å². The van der Waals surface area contributed by atoms with Gasteiger partial charge < -0.3 is 9.64 Å². The number of piperidine rings is 1. The summed E-state index contributed by atoms with van der Waals surface area (Å²) < 4.78 is 40.0. The Morgan fingerprint density at radius 2 is 2.12 bits per heavy atom. The average Bonchev–Trinajstić information content (AvgIpc) is 2.27. The van der Waals surface area contributed by atoms with Crippen molar-refractivity contribution in [2.75, 3.05) is 38.2 Å². The largest absolute Gasteiger partial charge is 0.411 e. The molecule has 1 fully saturated rings. The van der Waals surface area contributed by atoms with Crippen molar-refractivity contribution in [3.63, 3.8) is 0 Å². The summed E-state index contributed by atoms with van der Waals surface area (Å²) in [6.45, 7) is 2.00. The molecule has 102 valence electrons. The lowest BCUT2D eigenvalue weighted by Gasteiger charge is -2.31. The van der Waals surface area contributed by atoms with Crippen molar-refractivity contribution in [2.45, 2.75) is 25.4 Å². The second kappa shape index (κ2) is 7.59. The molecule has 0 saturated carbocycles. The maximum atomic E-state index is 11.8. The van der Waals surface area contributed by atoms with E-state index in [9.17, 15) is 13.2 Å². The third-order valence-corrected chi connectivity index (χ3v) is 3.77. The summed E-state index contributed by atoms with van der Waals surface area (Å²) in [5.41, 5.74) is 0. The molecule has 2 nitrogen and oxygen atoms in total. The standard InChI is InChI=1S/C11H19BrF3NO/c12-7-10-3-1-4-16(8-10)5-2-6-17-9-11(13,14)15/h10H,1-9H2. The maximum absolute atomic E-state index is 11.8. The van der Waals surface area contributed by atoms with Gasteiger partial charge in [0.1, 0.15) is 6.61 Å². The maximum Gasteiger partial charge on any atom is 0.411 e. The van der Waals surface area contributed by atoms with Gasteiger partial charge in [-0.25, -0.2) is 0 Å². The van der Waals surface area contributed by atoms with E-state index in [0.29, 0.717) is 12.3 Å². The second-order valence-electron chi connectivity index (χ2n) is 4.48. The fourth-order valence-electron chi connectivity index (χ4n) is 2.06. The summed E-state index contributed by atoms with van der Waals surface area (Å²) in [5.74, 6) is 0.680. The van der Waals surface area contributed by atoms with Crippen LogP contribution in [0, 0.1) is 5.92 Å². The molecule has 0 aromatic heterocycles. The lowest BCUT2D eigenvalue weighted by molar-refractivity contribution is -0.174. The van der Waals surface area contributed by atoms with Gasteiger partial charge in [-0.3, -0.25) is 0 Å². The minimum atomic E-state index is -4.20. The van der Waals surface area contributed by atoms with E-state index >= 15 is 0 Å². The fraction of sp³-hybridized carbons (Fsp3) is 1.00. The van der Waals surface area contributed by atoms with Crippen molar-refractivity contribution in [2.24, 2.45) is 5.92 Å². The minimum Gasteiger partial charge on any atom is -0.372 e. The van der Waals surface area contributed by atoms with Crippen molar-refractivity contribution in [3.05, 3.63) is 0 Å². The number of alkyl halides is 4. The molecule has 0 aliphatic carbocycles. The molecule has 1 aliphatic rings. The molecule has 1 unspecified atom stereocenters. The van der Waals surface area contributed by atoms with Crippen LogP contribution in [-0.4, -0.2) is 49.3 Å². The van der Waals surface area contributed by atoms with Gasteiger partial charge in [0, 0.05) is 25.0 Å². The Hall–Kier alpha value is 0.190. The predicted octanol–water partition coefficient (Wildman–Crippen LogP) is 3.06. The summed E-state index contributed by atoms with van der Waals surface area (Å²) in [6.07, 6.45) is -1.11. The zero-order valence-corrected chi connectivity index (χ0v) is 11.4. The van der Waals surface area contributed by atoms with Crippen molar-refractivity contribution in [3.8, 4) is 0 Å². The van der Waals surface area contributed by atoms with Crippen LogP contribution in [0.3, 0.4) is 0 Å². The number of rotatable bonds is 6. The monoisotopic (exact) mass is 317 g/mol. The van der Waals surface area contributed by atoms with E-state index in [1.165, 1.54) is 12.8 Å². The Balaban J connectivity index is 2.02. The molecule has 17 heavy (non-hydrogen) atoms. The van der Waals surface area contributed by atoms with Crippen molar-refractivity contribution >= 4 is 15.9 Å². The van der Waals surface area contributed by atoms with E-state index in [0.717, 1.165) is 25.0 Å². The van der Waals surface area contributed by atoms with Gasteiger partial charge in [0.25, 0.3) is 0 Å². The normalized spacial score (nSPS) is 22.9. The van der Waals surface area contributed by atoms with Gasteiger partial charge in [-0.1, -0.05) is 15.9 Å². The molecule has 0 aromatic rings. The average molecular weight is 318 g/mol. The molecule has 0 spiro atoms. The van der Waals surface area contributed by atoms with Crippen LogP contribution in [0.4, 0.5) is 13.2 Å². The summed E-state index contributed by atoms with van der Waals surface area (Å²) in [5, 5.41) is 1.01. The van der Waals surface area contributed by atoms with Gasteiger partial charge in [0.05, 0.1) is 0 Å². The molecular weight excluding hydrogens is 299 g/mol. The number of halogens is 4. The van der Waals surface area contributed by atoms with E-state index in [1.54, 1.807) is 0 Å². The van der Waals surface area contributed by atoms with Gasteiger partial charge in [-0.05, 0) is 31.7 Å². The lowest BCUT2D eigenvalue weighted by Crippen LogP contribution is -2.37. The number of hydrogen-bond acceptors (Lipinski definition) is 2. The summed E-state index contributed by atoms with van der Waals surface area (Å²) in [6, 6.07) is 0. The highest BCUT2D eigenvalue weighted by Crippen LogP contribution is 2.18. The highest BCUT2D eigenvalue weighted by atomic mass is 79.9. The van der Waals surface area contributed by atoms with Gasteiger partial charge in [0.2, 0.25) is 0 Å². The predicted molar refractivity (Wildman–Crippen MR) is 64.4 cm³/mol. The fourth-order valence-corrected chi connectivity index (χ4v) is 2.59. The molecule has 0 radical (unpaired) electrons. The number of nitrogens with zero attached hydrogens (tertiary/aromatic N) is 1. The molecule has 0 amide bonds. The highest BCUT2D eigenvalue weighted by molar-refractivity contribution is 9.09. The Morgan fingerprint density at radius 3 is 2.76 bits per heavy atom. The van der Waals surface area contributed by atoms with Crippen LogP contribution in [0.1, 0.15) is 19.3 Å². The van der Waals surface area contributed by atoms with Crippen molar-refractivity contribution in [1.29, 1.82) is 0 Å². The molecule has 0 aromatic carbocycles. The molecule has 6 heteroatoms. The van der Waals surface area contributed by atoms with Crippen LogP contribution in [0.5, 0.6) is 0 Å². The molecule has 1 rings (SSSR count). The quantitative estimate of drug-likeness (QED) is 0.551. The Bertz CT molecular complexity index is 213. The zero-order chi connectivity index (χ0) is 12.7. The van der Waals surface area contributed by atoms with Crippen molar-refractivity contribution in [1.82, 2.24) is 4.90 Å². The van der Waals surface area contributed by atoms with Gasteiger partial charge in [0.15, 0.2) is 0 Å². The Kier molecular flexibility index (Phi) is 6.80. The topological polar surface area (TPSA) is 12.5 Å². The molecule has 1 atom stereocenters. The van der Waals surface area contributed by atoms with E-state index < -0.39 is 12.8 Å². The third-order valence-electron chi connectivity index (χ3n) is 2.85. The molecule has 0 N–H and O–H groups in total. The first-order valence-electron chi connectivity index (χ1n) is 5.94. The third kappa shape index (κ3) is 7.26. The number of hydrogen-bond donors (Lipinski definition) is 0. The summed E-state index contributed by atoms with van der Waals surface area (Å²) in [4.78, 5) is 2.31. The Morgan fingerprint density at radius 1 is 1.35 bits per heavy atom.